The molecule has 114 valence electrons. The Morgan fingerprint density at radius 1 is 1.27 bits per heavy atom. The molecule has 0 unspecified atom stereocenters. The van der Waals surface area contributed by atoms with Crippen molar-refractivity contribution >= 4 is 23.1 Å². The Hall–Kier alpha value is -2.01. The third-order valence-electron chi connectivity index (χ3n) is 3.62. The minimum absolute atomic E-state index is 0.139. The molecular weight excluding hydrogens is 298 g/mol. The average Bonchev–Trinajstić information content (AvgIpc) is 3.27. The van der Waals surface area contributed by atoms with Gasteiger partial charge in [-0.05, 0) is 37.8 Å². The SMILES string of the molecule is O=C(OCCCc1cncs1)c1cccc(C(=O)C2CC2)c1. The number of aromatic nitrogens is 1. The summed E-state index contributed by atoms with van der Waals surface area (Å²) in [6.07, 6.45) is 5.39. The van der Waals surface area contributed by atoms with Crippen LogP contribution < -0.4 is 0 Å². The molecule has 0 amide bonds. The number of carbonyl (C=O) groups is 2. The van der Waals surface area contributed by atoms with E-state index in [9.17, 15) is 9.59 Å². The molecule has 1 aromatic carbocycles. The lowest BCUT2D eigenvalue weighted by atomic mass is 10.0. The van der Waals surface area contributed by atoms with Crippen molar-refractivity contribution < 1.29 is 14.3 Å². The van der Waals surface area contributed by atoms with E-state index in [-0.39, 0.29) is 17.7 Å². The molecule has 2 aromatic rings. The van der Waals surface area contributed by atoms with E-state index in [0.29, 0.717) is 17.7 Å². The summed E-state index contributed by atoms with van der Waals surface area (Å²) in [6.45, 7) is 0.373. The van der Waals surface area contributed by atoms with Crippen molar-refractivity contribution in [2.45, 2.75) is 25.7 Å². The van der Waals surface area contributed by atoms with E-state index < -0.39 is 0 Å². The largest absolute Gasteiger partial charge is 0.462 e. The molecule has 1 fully saturated rings. The Bertz CT molecular complexity index is 662. The van der Waals surface area contributed by atoms with E-state index >= 15 is 0 Å². The molecule has 0 radical (unpaired) electrons. The summed E-state index contributed by atoms with van der Waals surface area (Å²) in [5, 5.41) is 0. The van der Waals surface area contributed by atoms with Crippen LogP contribution in [0.2, 0.25) is 0 Å². The van der Waals surface area contributed by atoms with Crippen LogP contribution in [0.1, 0.15) is 44.9 Å². The number of hydrogen-bond acceptors (Lipinski definition) is 5. The summed E-state index contributed by atoms with van der Waals surface area (Å²) in [4.78, 5) is 29.2. The summed E-state index contributed by atoms with van der Waals surface area (Å²) in [7, 11) is 0. The number of carbonyl (C=O) groups excluding carboxylic acids is 2. The van der Waals surface area contributed by atoms with Gasteiger partial charge in [0.25, 0.3) is 0 Å². The van der Waals surface area contributed by atoms with Gasteiger partial charge in [0.1, 0.15) is 0 Å². The number of Topliss-reactive ketones (excluding diaryl/α,β-unsaturated/α-hetero) is 1. The minimum Gasteiger partial charge on any atom is -0.462 e. The molecule has 4 nitrogen and oxygen atoms in total. The maximum atomic E-state index is 12.0. The Labute approximate surface area is 133 Å². The highest BCUT2D eigenvalue weighted by molar-refractivity contribution is 7.09. The lowest BCUT2D eigenvalue weighted by molar-refractivity contribution is 0.0501. The molecule has 1 aromatic heterocycles. The van der Waals surface area contributed by atoms with Gasteiger partial charge in [0.05, 0.1) is 17.7 Å². The van der Waals surface area contributed by atoms with Gasteiger partial charge in [-0.2, -0.15) is 0 Å². The predicted octanol–water partition coefficient (Wildman–Crippen LogP) is 3.53. The van der Waals surface area contributed by atoms with Gasteiger partial charge in [0.2, 0.25) is 0 Å². The third-order valence-corrected chi connectivity index (χ3v) is 4.45. The van der Waals surface area contributed by atoms with Crippen LogP contribution in [-0.2, 0) is 11.2 Å². The smallest absolute Gasteiger partial charge is 0.338 e. The molecule has 0 saturated heterocycles. The van der Waals surface area contributed by atoms with Gasteiger partial charge in [-0.15, -0.1) is 11.3 Å². The van der Waals surface area contributed by atoms with Crippen LogP contribution in [-0.4, -0.2) is 23.3 Å². The highest BCUT2D eigenvalue weighted by atomic mass is 32.1. The Morgan fingerprint density at radius 3 is 2.82 bits per heavy atom. The second kappa shape index (κ2) is 6.83. The van der Waals surface area contributed by atoms with Gasteiger partial charge >= 0.3 is 5.97 Å². The van der Waals surface area contributed by atoms with Crippen molar-refractivity contribution in [3.63, 3.8) is 0 Å². The third kappa shape index (κ3) is 3.80. The van der Waals surface area contributed by atoms with Crippen LogP contribution in [0.15, 0.2) is 36.0 Å². The number of hydrogen-bond donors (Lipinski definition) is 0. The minimum atomic E-state index is -0.366. The number of esters is 1. The predicted molar refractivity (Wildman–Crippen MR) is 84.2 cm³/mol. The molecule has 1 aliphatic rings. The monoisotopic (exact) mass is 315 g/mol. The Kier molecular flexibility index (Phi) is 4.63. The standard InChI is InChI=1S/C17H17NO3S/c19-16(12-6-7-12)13-3-1-4-14(9-13)17(20)21-8-2-5-15-10-18-11-22-15/h1,3-4,9-12H,2,5-8H2. The van der Waals surface area contributed by atoms with Gasteiger partial charge < -0.3 is 4.74 Å². The van der Waals surface area contributed by atoms with Crippen molar-refractivity contribution in [2.24, 2.45) is 5.92 Å². The van der Waals surface area contributed by atoms with Gasteiger partial charge in [-0.1, -0.05) is 12.1 Å². The molecule has 5 heteroatoms. The lowest BCUT2D eigenvalue weighted by Gasteiger charge is -2.06. The topological polar surface area (TPSA) is 56.3 Å². The summed E-state index contributed by atoms with van der Waals surface area (Å²) in [5.41, 5.74) is 2.86. The lowest BCUT2D eigenvalue weighted by Crippen LogP contribution is -2.09. The number of benzene rings is 1. The molecule has 1 heterocycles. The molecule has 22 heavy (non-hydrogen) atoms. The highest BCUT2D eigenvalue weighted by Crippen LogP contribution is 2.32. The van der Waals surface area contributed by atoms with Crippen LogP contribution in [0.25, 0.3) is 0 Å². The molecule has 0 spiro atoms. The second-order valence-electron chi connectivity index (χ2n) is 5.43. The van der Waals surface area contributed by atoms with Gasteiger partial charge in [-0.3, -0.25) is 9.78 Å². The molecule has 0 N–H and O–H groups in total. The number of thiazole rings is 1. The first-order chi connectivity index (χ1) is 10.7. The molecule has 0 atom stereocenters. The van der Waals surface area contributed by atoms with E-state index in [4.69, 9.17) is 4.74 Å². The quantitative estimate of drug-likeness (QED) is 0.445. The van der Waals surface area contributed by atoms with Crippen molar-refractivity contribution in [3.05, 3.63) is 52.0 Å². The number of ether oxygens (including phenoxy) is 1. The Morgan fingerprint density at radius 2 is 2.09 bits per heavy atom. The average molecular weight is 315 g/mol. The second-order valence-corrected chi connectivity index (χ2v) is 6.40. The van der Waals surface area contributed by atoms with Crippen molar-refractivity contribution in [1.29, 1.82) is 0 Å². The molecular formula is C17H17NO3S. The van der Waals surface area contributed by atoms with E-state index in [1.807, 2.05) is 6.20 Å². The number of ketones is 1. The fraction of sp³-hybridized carbons (Fsp3) is 0.353. The van der Waals surface area contributed by atoms with Gasteiger partial charge in [-0.25, -0.2) is 4.79 Å². The zero-order valence-corrected chi connectivity index (χ0v) is 13.0. The molecule has 3 rings (SSSR count). The van der Waals surface area contributed by atoms with Crippen LogP contribution in [0.5, 0.6) is 0 Å². The summed E-state index contributed by atoms with van der Waals surface area (Å²) >= 11 is 1.60. The van der Waals surface area contributed by atoms with Crippen LogP contribution in [0, 0.1) is 5.92 Å². The first-order valence-corrected chi connectivity index (χ1v) is 8.31. The van der Waals surface area contributed by atoms with Crippen LogP contribution in [0.4, 0.5) is 0 Å². The van der Waals surface area contributed by atoms with Gasteiger partial charge in [0.15, 0.2) is 5.78 Å². The van der Waals surface area contributed by atoms with E-state index in [2.05, 4.69) is 4.98 Å². The maximum Gasteiger partial charge on any atom is 0.338 e. The van der Waals surface area contributed by atoms with E-state index in [0.717, 1.165) is 25.7 Å². The zero-order valence-electron chi connectivity index (χ0n) is 12.2. The van der Waals surface area contributed by atoms with Gasteiger partial charge in [0, 0.05) is 22.6 Å². The molecule has 1 saturated carbocycles. The first kappa shape index (κ1) is 14.9. The summed E-state index contributed by atoms with van der Waals surface area (Å²) in [5.74, 6) is -0.0692. The zero-order chi connectivity index (χ0) is 15.4. The van der Waals surface area contributed by atoms with Crippen molar-refractivity contribution in [1.82, 2.24) is 4.98 Å². The normalized spacial score (nSPS) is 13.8. The van der Waals surface area contributed by atoms with Crippen molar-refractivity contribution in [2.75, 3.05) is 6.61 Å². The number of rotatable bonds is 7. The number of nitrogens with zero attached hydrogens (tertiary/aromatic N) is 1. The fourth-order valence-corrected chi connectivity index (χ4v) is 2.88. The number of aryl methyl sites for hydroxylation is 1. The first-order valence-electron chi connectivity index (χ1n) is 7.43. The van der Waals surface area contributed by atoms with E-state index in [1.54, 1.807) is 41.1 Å². The van der Waals surface area contributed by atoms with Crippen LogP contribution >= 0.6 is 11.3 Å². The fourth-order valence-electron chi connectivity index (χ4n) is 2.24. The maximum absolute atomic E-state index is 12.0. The van der Waals surface area contributed by atoms with E-state index in [1.165, 1.54) is 4.88 Å². The summed E-state index contributed by atoms with van der Waals surface area (Å²) in [6, 6.07) is 6.84. The molecule has 0 bridgehead atoms. The highest BCUT2D eigenvalue weighted by Gasteiger charge is 2.30. The van der Waals surface area contributed by atoms with Crippen molar-refractivity contribution in [3.8, 4) is 0 Å². The Balaban J connectivity index is 1.51. The summed E-state index contributed by atoms with van der Waals surface area (Å²) < 4.78 is 5.27. The molecule has 0 aliphatic heterocycles. The van der Waals surface area contributed by atoms with Crippen LogP contribution in [0.3, 0.4) is 0 Å². The molecule has 1 aliphatic carbocycles.